The van der Waals surface area contributed by atoms with Gasteiger partial charge in [-0.15, -0.1) is 0 Å². The van der Waals surface area contributed by atoms with Crippen LogP contribution in [-0.2, 0) is 0 Å². The van der Waals surface area contributed by atoms with E-state index in [-0.39, 0.29) is 0 Å². The normalized spacial score (nSPS) is 20.3. The Kier molecular flexibility index (Phi) is 4.18. The van der Waals surface area contributed by atoms with Crippen molar-refractivity contribution < 1.29 is 0 Å². The van der Waals surface area contributed by atoms with E-state index < -0.39 is 0 Å². The van der Waals surface area contributed by atoms with Gasteiger partial charge in [0.05, 0.1) is 0 Å². The molecule has 6 heteroatoms. The Balaban J connectivity index is 1.63. The van der Waals surface area contributed by atoms with Crippen molar-refractivity contribution in [3.8, 4) is 0 Å². The number of hydrogen-bond acceptors (Lipinski definition) is 6. The van der Waals surface area contributed by atoms with Crippen LogP contribution in [0, 0.1) is 5.92 Å². The quantitative estimate of drug-likeness (QED) is 0.876. The lowest BCUT2D eigenvalue weighted by atomic mass is 9.89. The van der Waals surface area contributed by atoms with Crippen molar-refractivity contribution in [2.24, 2.45) is 5.92 Å². The van der Waals surface area contributed by atoms with Crippen LogP contribution in [0.2, 0.25) is 0 Å². The molecule has 2 heterocycles. The van der Waals surface area contributed by atoms with Crippen molar-refractivity contribution >= 4 is 17.8 Å². The SMILES string of the molecule is Nc1nc(NCC2CCCCC2)nc(N2CCCC2)n1. The number of anilines is 3. The standard InChI is InChI=1S/C14H24N6/c15-12-17-13(16-10-11-6-2-1-3-7-11)19-14(18-12)20-8-4-5-9-20/h11H,1-10H2,(H3,15,16,17,18,19). The third kappa shape index (κ3) is 3.29. The number of nitrogen functional groups attached to an aromatic ring is 1. The van der Waals surface area contributed by atoms with Gasteiger partial charge in [-0.25, -0.2) is 0 Å². The van der Waals surface area contributed by atoms with Crippen molar-refractivity contribution in [2.45, 2.75) is 44.9 Å². The van der Waals surface area contributed by atoms with Crippen LogP contribution in [0.25, 0.3) is 0 Å². The molecule has 1 aromatic heterocycles. The molecule has 110 valence electrons. The summed E-state index contributed by atoms with van der Waals surface area (Å²) in [5, 5.41) is 3.35. The van der Waals surface area contributed by atoms with Crippen LogP contribution in [0.3, 0.4) is 0 Å². The number of nitrogens with two attached hydrogens (primary N) is 1. The predicted molar refractivity (Wildman–Crippen MR) is 80.8 cm³/mol. The highest BCUT2D eigenvalue weighted by Gasteiger charge is 2.18. The van der Waals surface area contributed by atoms with Gasteiger partial charge in [0.1, 0.15) is 0 Å². The third-order valence-electron chi connectivity index (χ3n) is 4.30. The molecule has 0 bridgehead atoms. The maximum absolute atomic E-state index is 5.81. The molecule has 0 amide bonds. The first-order valence-electron chi connectivity index (χ1n) is 7.81. The summed E-state index contributed by atoms with van der Waals surface area (Å²) >= 11 is 0. The van der Waals surface area contributed by atoms with Gasteiger partial charge in [-0.2, -0.15) is 15.0 Å². The fourth-order valence-corrected chi connectivity index (χ4v) is 3.15. The van der Waals surface area contributed by atoms with Crippen LogP contribution < -0.4 is 16.0 Å². The molecule has 0 aromatic carbocycles. The summed E-state index contributed by atoms with van der Waals surface area (Å²) < 4.78 is 0. The van der Waals surface area contributed by atoms with E-state index in [0.717, 1.165) is 31.5 Å². The highest BCUT2D eigenvalue weighted by molar-refractivity contribution is 5.42. The second-order valence-electron chi connectivity index (χ2n) is 5.90. The summed E-state index contributed by atoms with van der Waals surface area (Å²) in [5.74, 6) is 2.41. The Hall–Kier alpha value is -1.59. The van der Waals surface area contributed by atoms with Crippen molar-refractivity contribution in [3.63, 3.8) is 0 Å². The Labute approximate surface area is 120 Å². The number of hydrogen-bond donors (Lipinski definition) is 2. The summed E-state index contributed by atoms with van der Waals surface area (Å²) in [6, 6.07) is 0. The molecule has 1 aromatic rings. The van der Waals surface area contributed by atoms with E-state index in [4.69, 9.17) is 5.73 Å². The van der Waals surface area contributed by atoms with E-state index in [9.17, 15) is 0 Å². The second kappa shape index (κ2) is 6.24. The number of nitrogens with one attached hydrogen (secondary N) is 1. The molecule has 1 aliphatic carbocycles. The van der Waals surface area contributed by atoms with Crippen molar-refractivity contribution in [2.75, 3.05) is 35.6 Å². The molecule has 1 saturated heterocycles. The zero-order valence-electron chi connectivity index (χ0n) is 12.0. The molecule has 0 atom stereocenters. The monoisotopic (exact) mass is 276 g/mol. The summed E-state index contributed by atoms with van der Waals surface area (Å²) in [7, 11) is 0. The van der Waals surface area contributed by atoms with E-state index in [1.807, 2.05) is 0 Å². The van der Waals surface area contributed by atoms with Gasteiger partial charge in [-0.3, -0.25) is 0 Å². The fourth-order valence-electron chi connectivity index (χ4n) is 3.15. The molecule has 20 heavy (non-hydrogen) atoms. The van der Waals surface area contributed by atoms with Gasteiger partial charge in [0.15, 0.2) is 0 Å². The van der Waals surface area contributed by atoms with Crippen molar-refractivity contribution in [3.05, 3.63) is 0 Å². The van der Waals surface area contributed by atoms with Gasteiger partial charge < -0.3 is 16.0 Å². The fraction of sp³-hybridized carbons (Fsp3) is 0.786. The summed E-state index contributed by atoms with van der Waals surface area (Å²) in [6.45, 7) is 2.99. The van der Waals surface area contributed by atoms with E-state index in [1.54, 1.807) is 0 Å². The zero-order chi connectivity index (χ0) is 13.8. The average molecular weight is 276 g/mol. The lowest BCUT2D eigenvalue weighted by molar-refractivity contribution is 0.373. The van der Waals surface area contributed by atoms with Crippen LogP contribution in [0.15, 0.2) is 0 Å². The van der Waals surface area contributed by atoms with Crippen LogP contribution >= 0.6 is 0 Å². The molecule has 2 aliphatic rings. The minimum absolute atomic E-state index is 0.313. The average Bonchev–Trinajstić information content (AvgIpc) is 3.00. The maximum atomic E-state index is 5.81. The van der Waals surface area contributed by atoms with Crippen LogP contribution in [-0.4, -0.2) is 34.6 Å². The van der Waals surface area contributed by atoms with Gasteiger partial charge >= 0.3 is 0 Å². The highest BCUT2D eigenvalue weighted by atomic mass is 15.3. The largest absolute Gasteiger partial charge is 0.368 e. The van der Waals surface area contributed by atoms with Crippen LogP contribution in [0.4, 0.5) is 17.8 Å². The molecule has 0 spiro atoms. The summed E-state index contributed by atoms with van der Waals surface area (Å²) in [6.07, 6.45) is 9.12. The van der Waals surface area contributed by atoms with Gasteiger partial charge in [0.2, 0.25) is 17.8 Å². The molecule has 1 aliphatic heterocycles. The van der Waals surface area contributed by atoms with E-state index in [2.05, 4.69) is 25.2 Å². The topological polar surface area (TPSA) is 80.0 Å². The zero-order valence-corrected chi connectivity index (χ0v) is 12.0. The Bertz CT molecular complexity index is 437. The minimum Gasteiger partial charge on any atom is -0.368 e. The van der Waals surface area contributed by atoms with E-state index in [1.165, 1.54) is 44.9 Å². The first-order valence-corrected chi connectivity index (χ1v) is 7.81. The number of nitrogens with zero attached hydrogens (tertiary/aromatic N) is 4. The van der Waals surface area contributed by atoms with E-state index in [0.29, 0.717) is 11.9 Å². The predicted octanol–water partition coefficient (Wildman–Crippen LogP) is 2.05. The first-order chi connectivity index (χ1) is 9.81. The van der Waals surface area contributed by atoms with Crippen LogP contribution in [0.5, 0.6) is 0 Å². The molecule has 2 fully saturated rings. The van der Waals surface area contributed by atoms with E-state index >= 15 is 0 Å². The minimum atomic E-state index is 0.313. The van der Waals surface area contributed by atoms with Gasteiger partial charge in [0, 0.05) is 19.6 Å². The highest BCUT2D eigenvalue weighted by Crippen LogP contribution is 2.24. The first kappa shape index (κ1) is 13.4. The lowest BCUT2D eigenvalue weighted by Crippen LogP contribution is -2.23. The molecule has 0 unspecified atom stereocenters. The summed E-state index contributed by atoms with van der Waals surface area (Å²) in [4.78, 5) is 15.2. The molecule has 0 radical (unpaired) electrons. The molecule has 6 nitrogen and oxygen atoms in total. The van der Waals surface area contributed by atoms with Crippen molar-refractivity contribution in [1.29, 1.82) is 0 Å². The van der Waals surface area contributed by atoms with Gasteiger partial charge in [-0.05, 0) is 31.6 Å². The molecular formula is C14H24N6. The molecule has 3 rings (SSSR count). The Morgan fingerprint density at radius 3 is 2.50 bits per heavy atom. The number of rotatable bonds is 4. The Morgan fingerprint density at radius 2 is 1.75 bits per heavy atom. The number of aromatic nitrogens is 3. The molecule has 3 N–H and O–H groups in total. The van der Waals surface area contributed by atoms with Gasteiger partial charge in [-0.1, -0.05) is 19.3 Å². The summed E-state index contributed by atoms with van der Waals surface area (Å²) in [5.41, 5.74) is 5.81. The Morgan fingerprint density at radius 1 is 1.00 bits per heavy atom. The second-order valence-corrected chi connectivity index (χ2v) is 5.90. The molecule has 1 saturated carbocycles. The molecular weight excluding hydrogens is 252 g/mol. The lowest BCUT2D eigenvalue weighted by Gasteiger charge is -2.22. The maximum Gasteiger partial charge on any atom is 0.231 e. The van der Waals surface area contributed by atoms with Gasteiger partial charge in [0.25, 0.3) is 0 Å². The third-order valence-corrected chi connectivity index (χ3v) is 4.30. The van der Waals surface area contributed by atoms with Crippen molar-refractivity contribution in [1.82, 2.24) is 15.0 Å². The van der Waals surface area contributed by atoms with Crippen LogP contribution in [0.1, 0.15) is 44.9 Å². The smallest absolute Gasteiger partial charge is 0.231 e.